The summed E-state index contributed by atoms with van der Waals surface area (Å²) in [6.45, 7) is 0.257. The number of anilines is 1. The van der Waals surface area contributed by atoms with Crippen molar-refractivity contribution in [3.05, 3.63) is 119 Å². The third kappa shape index (κ3) is 4.15. The fourth-order valence-corrected chi connectivity index (χ4v) is 4.02. The molecular formula is C28H21NO6. The van der Waals surface area contributed by atoms with Gasteiger partial charge in [-0.15, -0.1) is 0 Å². The van der Waals surface area contributed by atoms with E-state index < -0.39 is 11.6 Å². The summed E-state index contributed by atoms with van der Waals surface area (Å²) >= 11 is 0. The molecule has 0 saturated heterocycles. The summed E-state index contributed by atoms with van der Waals surface area (Å²) in [4.78, 5) is 24.5. The van der Waals surface area contributed by atoms with Crippen LogP contribution in [0.5, 0.6) is 17.2 Å². The van der Waals surface area contributed by atoms with Crippen LogP contribution < -0.4 is 14.8 Å². The van der Waals surface area contributed by atoms with Crippen LogP contribution in [0.3, 0.4) is 0 Å². The minimum atomic E-state index is -1.47. The molecule has 4 aromatic carbocycles. The zero-order chi connectivity index (χ0) is 24.4. The largest absolute Gasteiger partial charge is 0.508 e. The first-order valence-corrected chi connectivity index (χ1v) is 10.9. The molecule has 3 N–H and O–H groups in total. The lowest BCUT2D eigenvalue weighted by Gasteiger charge is -2.38. The average Bonchev–Trinajstić information content (AvgIpc) is 2.88. The predicted molar refractivity (Wildman–Crippen MR) is 129 cm³/mol. The number of benzene rings is 4. The molecule has 7 heteroatoms. The SMILES string of the molecule is O=C(O)c1ccc(COc2ccc(C3(c4ccc(O)cc4)Oc4ccccc4NC3=O)cc2)cc1. The van der Waals surface area contributed by atoms with E-state index in [0.29, 0.717) is 28.3 Å². The van der Waals surface area contributed by atoms with Crippen molar-refractivity contribution in [3.63, 3.8) is 0 Å². The van der Waals surface area contributed by atoms with E-state index >= 15 is 0 Å². The van der Waals surface area contributed by atoms with Gasteiger partial charge in [-0.05, 0) is 54.1 Å². The van der Waals surface area contributed by atoms with Crippen LogP contribution in [0.15, 0.2) is 97.1 Å². The van der Waals surface area contributed by atoms with Crippen LogP contribution in [-0.2, 0) is 17.0 Å². The second kappa shape index (κ2) is 8.87. The Morgan fingerprint density at radius 3 is 2.14 bits per heavy atom. The van der Waals surface area contributed by atoms with Gasteiger partial charge in [-0.25, -0.2) is 4.79 Å². The summed E-state index contributed by atoms with van der Waals surface area (Å²) in [7, 11) is 0. The second-order valence-electron chi connectivity index (χ2n) is 8.10. The normalized spacial score (nSPS) is 16.5. The van der Waals surface area contributed by atoms with E-state index in [0.717, 1.165) is 5.56 Å². The van der Waals surface area contributed by atoms with E-state index in [2.05, 4.69) is 5.32 Å². The third-order valence-electron chi connectivity index (χ3n) is 5.86. The summed E-state index contributed by atoms with van der Waals surface area (Å²) in [5.74, 6) is -0.138. The molecule has 0 radical (unpaired) electrons. The van der Waals surface area contributed by atoms with Gasteiger partial charge in [-0.1, -0.05) is 48.5 Å². The van der Waals surface area contributed by atoms with Crippen LogP contribution in [0.2, 0.25) is 0 Å². The van der Waals surface area contributed by atoms with E-state index in [4.69, 9.17) is 14.6 Å². The molecular weight excluding hydrogens is 446 g/mol. The fraction of sp³-hybridized carbons (Fsp3) is 0.0714. The Kier molecular flexibility index (Phi) is 5.58. The third-order valence-corrected chi connectivity index (χ3v) is 5.86. The first kappa shape index (κ1) is 22.0. The minimum absolute atomic E-state index is 0.0839. The van der Waals surface area contributed by atoms with Gasteiger partial charge in [0.05, 0.1) is 11.3 Å². The van der Waals surface area contributed by atoms with Crippen molar-refractivity contribution in [2.75, 3.05) is 5.32 Å². The Balaban J connectivity index is 1.44. The predicted octanol–water partition coefficient (Wildman–Crippen LogP) is 4.94. The molecule has 0 saturated carbocycles. The molecule has 0 bridgehead atoms. The van der Waals surface area contributed by atoms with Gasteiger partial charge in [-0.2, -0.15) is 0 Å². The van der Waals surface area contributed by atoms with Crippen LogP contribution in [0.25, 0.3) is 0 Å². The molecule has 0 spiro atoms. The Morgan fingerprint density at radius 1 is 0.857 bits per heavy atom. The van der Waals surface area contributed by atoms with Crippen molar-refractivity contribution in [1.82, 2.24) is 0 Å². The summed E-state index contributed by atoms with van der Waals surface area (Å²) in [6, 6.07) is 27.1. The first-order valence-electron chi connectivity index (χ1n) is 10.9. The summed E-state index contributed by atoms with van der Waals surface area (Å²) in [5, 5.41) is 21.7. The standard InChI is InChI=1S/C28H21NO6/c30-22-13-9-20(10-14-22)28(27(33)29-24-3-1-2-4-25(24)35-28)21-11-15-23(16-12-21)34-17-18-5-7-19(8-6-18)26(31)32/h1-16,30H,17H2,(H,29,33)(H,31,32). The maximum absolute atomic E-state index is 13.5. The zero-order valence-corrected chi connectivity index (χ0v) is 18.5. The average molecular weight is 467 g/mol. The van der Waals surface area contributed by atoms with Gasteiger partial charge in [0.1, 0.15) is 23.9 Å². The van der Waals surface area contributed by atoms with E-state index in [1.807, 2.05) is 12.1 Å². The summed E-state index contributed by atoms with van der Waals surface area (Å²) in [6.07, 6.45) is 0. The number of carbonyl (C=O) groups excluding carboxylic acids is 1. The number of phenolic OH excluding ortho intramolecular Hbond substituents is 1. The lowest BCUT2D eigenvalue weighted by atomic mass is 9.84. The molecule has 1 atom stereocenters. The van der Waals surface area contributed by atoms with Gasteiger partial charge >= 0.3 is 5.97 Å². The highest BCUT2D eigenvalue weighted by Crippen LogP contribution is 2.43. The number of carbonyl (C=O) groups is 2. The zero-order valence-electron chi connectivity index (χ0n) is 18.5. The van der Waals surface area contributed by atoms with Crippen molar-refractivity contribution in [2.24, 2.45) is 0 Å². The molecule has 1 aliphatic heterocycles. The molecule has 0 aromatic heterocycles. The Labute approximate surface area is 201 Å². The molecule has 1 heterocycles. The maximum Gasteiger partial charge on any atom is 0.335 e. The quantitative estimate of drug-likeness (QED) is 0.371. The number of hydrogen-bond acceptors (Lipinski definition) is 5. The van der Waals surface area contributed by atoms with Gasteiger partial charge < -0.3 is 25.0 Å². The van der Waals surface area contributed by atoms with Crippen LogP contribution in [0.1, 0.15) is 27.0 Å². The van der Waals surface area contributed by atoms with E-state index in [-0.39, 0.29) is 23.8 Å². The number of amides is 1. The molecule has 4 aromatic rings. The van der Waals surface area contributed by atoms with Crippen LogP contribution >= 0.6 is 0 Å². The maximum atomic E-state index is 13.5. The van der Waals surface area contributed by atoms with Crippen molar-refractivity contribution in [1.29, 1.82) is 0 Å². The highest BCUT2D eigenvalue weighted by atomic mass is 16.5. The van der Waals surface area contributed by atoms with Crippen molar-refractivity contribution < 1.29 is 29.3 Å². The number of nitrogens with one attached hydrogen (secondary N) is 1. The van der Waals surface area contributed by atoms with Gasteiger partial charge in [-0.3, -0.25) is 4.79 Å². The molecule has 174 valence electrons. The van der Waals surface area contributed by atoms with Crippen molar-refractivity contribution in [3.8, 4) is 17.2 Å². The Morgan fingerprint density at radius 2 is 1.49 bits per heavy atom. The lowest BCUT2D eigenvalue weighted by Crippen LogP contribution is -2.49. The number of carboxylic acids is 1. The fourth-order valence-electron chi connectivity index (χ4n) is 4.02. The van der Waals surface area contributed by atoms with Gasteiger partial charge in [0, 0.05) is 11.1 Å². The highest BCUT2D eigenvalue weighted by Gasteiger charge is 2.48. The van der Waals surface area contributed by atoms with E-state index in [1.54, 1.807) is 60.7 Å². The van der Waals surface area contributed by atoms with Crippen LogP contribution in [-0.4, -0.2) is 22.1 Å². The molecule has 5 rings (SSSR count). The number of fused-ring (bicyclic) bond motifs is 1. The molecule has 1 unspecified atom stereocenters. The number of hydrogen-bond donors (Lipinski definition) is 3. The number of carboxylic acid groups (broad SMARTS) is 1. The van der Waals surface area contributed by atoms with Crippen molar-refractivity contribution >= 4 is 17.6 Å². The van der Waals surface area contributed by atoms with Gasteiger partial charge in [0.15, 0.2) is 0 Å². The van der Waals surface area contributed by atoms with E-state index in [9.17, 15) is 14.7 Å². The van der Waals surface area contributed by atoms with Crippen molar-refractivity contribution in [2.45, 2.75) is 12.2 Å². The first-order chi connectivity index (χ1) is 17.0. The van der Waals surface area contributed by atoms with Gasteiger partial charge in [0.25, 0.3) is 5.91 Å². The van der Waals surface area contributed by atoms with Crippen LogP contribution in [0.4, 0.5) is 5.69 Å². The number of aromatic carboxylic acids is 1. The molecule has 1 aliphatic rings. The topological polar surface area (TPSA) is 105 Å². The molecule has 35 heavy (non-hydrogen) atoms. The minimum Gasteiger partial charge on any atom is -0.508 e. The van der Waals surface area contributed by atoms with Gasteiger partial charge in [0.2, 0.25) is 5.60 Å². The Bertz CT molecular complexity index is 1380. The molecule has 0 aliphatic carbocycles. The number of phenols is 1. The number of rotatable bonds is 6. The monoisotopic (exact) mass is 467 g/mol. The summed E-state index contributed by atoms with van der Waals surface area (Å²) in [5.41, 5.74) is 1.31. The number of aromatic hydroxyl groups is 1. The Hall–Kier alpha value is -4.78. The molecule has 7 nitrogen and oxygen atoms in total. The summed E-state index contributed by atoms with van der Waals surface area (Å²) < 4.78 is 12.2. The molecule has 1 amide bonds. The highest BCUT2D eigenvalue weighted by molar-refractivity contribution is 6.03. The second-order valence-corrected chi connectivity index (χ2v) is 8.10. The number of para-hydroxylation sites is 2. The molecule has 0 fully saturated rings. The smallest absolute Gasteiger partial charge is 0.335 e. The number of ether oxygens (including phenoxy) is 2. The lowest BCUT2D eigenvalue weighted by molar-refractivity contribution is -0.129. The van der Waals surface area contributed by atoms with E-state index in [1.165, 1.54) is 24.3 Å². The van der Waals surface area contributed by atoms with Crippen LogP contribution in [0, 0.1) is 0 Å².